The third-order valence-electron chi connectivity index (χ3n) is 12.2. The molecule has 9 aromatic rings. The monoisotopic (exact) mass is 707 g/mol. The predicted octanol–water partition coefficient (Wildman–Crippen LogP) is 13.1. The van der Waals surface area contributed by atoms with Crippen LogP contribution in [0, 0.1) is 0 Å². The number of hydrogen-bond donors (Lipinski definition) is 0. The van der Waals surface area contributed by atoms with E-state index in [0.717, 1.165) is 38.6 Å². The van der Waals surface area contributed by atoms with Gasteiger partial charge in [0.05, 0.1) is 0 Å². The molecule has 0 saturated carbocycles. The molecule has 0 amide bonds. The molecule has 0 spiro atoms. The molecule has 0 radical (unpaired) electrons. The summed E-state index contributed by atoms with van der Waals surface area (Å²) in [6, 6.07) is 53.9. The molecular weight excluding hydrogens is 671 g/mol. The molecule has 2 aromatic heterocycles. The van der Waals surface area contributed by atoms with Gasteiger partial charge in [0, 0.05) is 38.3 Å². The van der Waals surface area contributed by atoms with E-state index < -0.39 is 0 Å². The molecule has 0 unspecified atom stereocenters. The lowest BCUT2D eigenvalue weighted by Crippen LogP contribution is -2.14. The molecule has 0 aliphatic heterocycles. The zero-order valence-corrected chi connectivity index (χ0v) is 31.2. The van der Waals surface area contributed by atoms with Crippen LogP contribution in [0.15, 0.2) is 156 Å². The summed E-state index contributed by atoms with van der Waals surface area (Å²) in [6.45, 7) is 9.26. The molecule has 0 saturated heterocycles. The minimum absolute atomic E-state index is 0.0760. The van der Waals surface area contributed by atoms with Gasteiger partial charge in [-0.2, -0.15) is 0 Å². The van der Waals surface area contributed by atoms with Crippen molar-refractivity contribution < 1.29 is 4.42 Å². The summed E-state index contributed by atoms with van der Waals surface area (Å²) in [5.41, 5.74) is 17.2. The van der Waals surface area contributed by atoms with Gasteiger partial charge in [-0.25, -0.2) is 15.0 Å². The zero-order chi connectivity index (χ0) is 37.1. The Morgan fingerprint density at radius 1 is 0.382 bits per heavy atom. The summed E-state index contributed by atoms with van der Waals surface area (Å²) in [5, 5.41) is 2.18. The van der Waals surface area contributed by atoms with Gasteiger partial charge in [0.2, 0.25) is 0 Å². The van der Waals surface area contributed by atoms with Gasteiger partial charge in [-0.05, 0) is 79.9 Å². The summed E-state index contributed by atoms with van der Waals surface area (Å²) in [6.07, 6.45) is 0. The van der Waals surface area contributed by atoms with E-state index >= 15 is 0 Å². The summed E-state index contributed by atoms with van der Waals surface area (Å²) in [4.78, 5) is 15.3. The van der Waals surface area contributed by atoms with Gasteiger partial charge >= 0.3 is 0 Å². The van der Waals surface area contributed by atoms with E-state index in [2.05, 4.69) is 149 Å². The molecule has 4 nitrogen and oxygen atoms in total. The first-order chi connectivity index (χ1) is 26.8. The van der Waals surface area contributed by atoms with Gasteiger partial charge in [0.15, 0.2) is 17.5 Å². The maximum atomic E-state index is 6.67. The first kappa shape index (κ1) is 31.8. The van der Waals surface area contributed by atoms with Gasteiger partial charge in [-0.15, -0.1) is 0 Å². The van der Waals surface area contributed by atoms with E-state index in [1.165, 1.54) is 55.6 Å². The second kappa shape index (κ2) is 11.4. The van der Waals surface area contributed by atoms with Crippen LogP contribution in [0.2, 0.25) is 0 Å². The molecule has 0 atom stereocenters. The van der Waals surface area contributed by atoms with Crippen LogP contribution in [0.25, 0.3) is 89.5 Å². The molecule has 7 aromatic carbocycles. The number of benzene rings is 7. The first-order valence-corrected chi connectivity index (χ1v) is 19.0. The second-order valence-electron chi connectivity index (χ2n) is 16.0. The predicted molar refractivity (Wildman–Crippen MR) is 224 cm³/mol. The number of nitrogens with zero attached hydrogens (tertiary/aromatic N) is 3. The van der Waals surface area contributed by atoms with E-state index in [-0.39, 0.29) is 10.8 Å². The lowest BCUT2D eigenvalue weighted by Gasteiger charge is -2.21. The third kappa shape index (κ3) is 4.61. The largest absolute Gasteiger partial charge is 0.456 e. The van der Waals surface area contributed by atoms with Crippen molar-refractivity contribution in [1.82, 2.24) is 15.0 Å². The molecule has 55 heavy (non-hydrogen) atoms. The quantitative estimate of drug-likeness (QED) is 0.183. The van der Waals surface area contributed by atoms with Crippen LogP contribution in [-0.2, 0) is 10.8 Å². The second-order valence-corrected chi connectivity index (χ2v) is 16.0. The van der Waals surface area contributed by atoms with Crippen LogP contribution in [0.5, 0.6) is 0 Å². The normalized spacial score (nSPS) is 14.5. The van der Waals surface area contributed by atoms with Crippen molar-refractivity contribution in [2.45, 2.75) is 38.5 Å². The molecule has 0 N–H and O–H groups in total. The van der Waals surface area contributed by atoms with Gasteiger partial charge < -0.3 is 4.42 Å². The molecule has 262 valence electrons. The minimum atomic E-state index is -0.0773. The average molecular weight is 708 g/mol. The van der Waals surface area contributed by atoms with Gasteiger partial charge in [-0.1, -0.05) is 155 Å². The molecule has 2 aliphatic rings. The van der Waals surface area contributed by atoms with Crippen LogP contribution in [-0.4, -0.2) is 15.0 Å². The Morgan fingerprint density at radius 3 is 1.71 bits per heavy atom. The topological polar surface area (TPSA) is 51.8 Å². The van der Waals surface area contributed by atoms with Crippen molar-refractivity contribution in [3.8, 4) is 67.5 Å². The molecule has 4 heteroatoms. The van der Waals surface area contributed by atoms with Crippen LogP contribution in [0.3, 0.4) is 0 Å². The zero-order valence-electron chi connectivity index (χ0n) is 31.2. The smallest absolute Gasteiger partial charge is 0.164 e. The van der Waals surface area contributed by atoms with Gasteiger partial charge in [0.1, 0.15) is 11.2 Å². The highest BCUT2D eigenvalue weighted by Gasteiger charge is 2.37. The highest BCUT2D eigenvalue weighted by Crippen LogP contribution is 2.53. The lowest BCUT2D eigenvalue weighted by atomic mass is 9.82. The minimum Gasteiger partial charge on any atom is -0.456 e. The fourth-order valence-corrected chi connectivity index (χ4v) is 9.38. The fourth-order valence-electron chi connectivity index (χ4n) is 9.38. The summed E-state index contributed by atoms with van der Waals surface area (Å²) in [5.74, 6) is 1.88. The maximum Gasteiger partial charge on any atom is 0.164 e. The van der Waals surface area contributed by atoms with E-state index in [0.29, 0.717) is 17.5 Å². The van der Waals surface area contributed by atoms with E-state index in [1.54, 1.807) is 0 Å². The van der Waals surface area contributed by atoms with Crippen molar-refractivity contribution in [2.24, 2.45) is 0 Å². The fraction of sp³-hybridized carbons (Fsp3) is 0.118. The van der Waals surface area contributed by atoms with Crippen molar-refractivity contribution in [1.29, 1.82) is 0 Å². The van der Waals surface area contributed by atoms with Crippen molar-refractivity contribution in [3.63, 3.8) is 0 Å². The summed E-state index contributed by atoms with van der Waals surface area (Å²) in [7, 11) is 0. The number of aromatic nitrogens is 3. The Morgan fingerprint density at radius 2 is 0.927 bits per heavy atom. The number of fused-ring (bicyclic) bond motifs is 9. The van der Waals surface area contributed by atoms with Crippen molar-refractivity contribution in [2.75, 3.05) is 0 Å². The highest BCUT2D eigenvalue weighted by molar-refractivity contribution is 6.14. The first-order valence-electron chi connectivity index (χ1n) is 19.0. The summed E-state index contributed by atoms with van der Waals surface area (Å²) < 4.78 is 6.67. The number of rotatable bonds is 4. The van der Waals surface area contributed by atoms with Crippen LogP contribution < -0.4 is 0 Å². The molecule has 0 fully saturated rings. The number of furan rings is 1. The van der Waals surface area contributed by atoms with E-state index in [1.807, 2.05) is 30.3 Å². The molecule has 0 bridgehead atoms. The SMILES string of the molecule is CC1(C)c2ccccc2-c2cc(-c3nc(-c4ccccc4)nc(-c4ccc5c(c4)oc4cccc(-c6cccc7c6-c6ccccc6C7(C)C)c45)n3)ccc21. The van der Waals surface area contributed by atoms with Crippen LogP contribution in [0.1, 0.15) is 49.9 Å². The summed E-state index contributed by atoms with van der Waals surface area (Å²) >= 11 is 0. The Balaban J connectivity index is 1.07. The highest BCUT2D eigenvalue weighted by atomic mass is 16.3. The Kier molecular flexibility index (Phi) is 6.61. The Hall–Kier alpha value is -6.65. The van der Waals surface area contributed by atoms with Gasteiger partial charge in [-0.3, -0.25) is 0 Å². The molecule has 11 rings (SSSR count). The van der Waals surface area contributed by atoms with Crippen LogP contribution in [0.4, 0.5) is 0 Å². The van der Waals surface area contributed by atoms with E-state index in [9.17, 15) is 0 Å². The van der Waals surface area contributed by atoms with Crippen molar-refractivity contribution >= 4 is 21.9 Å². The molecule has 2 aliphatic carbocycles. The molecular formula is C51H37N3O. The molecule has 2 heterocycles. The Labute approximate surface area is 320 Å². The average Bonchev–Trinajstić information content (AvgIpc) is 3.80. The number of hydrogen-bond acceptors (Lipinski definition) is 4. The van der Waals surface area contributed by atoms with Gasteiger partial charge in [0.25, 0.3) is 0 Å². The Bertz CT molecular complexity index is 3040. The lowest BCUT2D eigenvalue weighted by molar-refractivity contribution is 0.660. The third-order valence-corrected chi connectivity index (χ3v) is 12.2. The van der Waals surface area contributed by atoms with Crippen molar-refractivity contribution in [3.05, 3.63) is 174 Å². The standard InChI is InChI=1S/C51H37N3O/c1-50(2)39-20-10-8-16-33(39)38-28-31(25-27-41(38)50)48-52-47(30-14-6-5-7-15-30)53-49(54-48)32-24-26-37-44(29-32)55-43-23-13-19-35(46(37)43)34-18-12-22-42-45(34)36-17-9-11-21-40(36)51(42,3)4/h5-29H,1-4H3. The van der Waals surface area contributed by atoms with Crippen LogP contribution >= 0.6 is 0 Å². The maximum absolute atomic E-state index is 6.67. The van der Waals surface area contributed by atoms with E-state index in [4.69, 9.17) is 19.4 Å².